The topological polar surface area (TPSA) is 77.8 Å². The summed E-state index contributed by atoms with van der Waals surface area (Å²) < 4.78 is 9.72. The Kier molecular flexibility index (Phi) is 1.69. The largest absolute Gasteiger partial charge is 0.368 e. The molecule has 0 atom stereocenters. The zero-order chi connectivity index (χ0) is 10.3. The molecule has 0 aliphatic rings. The molecule has 15 heavy (non-hydrogen) atoms. The Morgan fingerprint density at radius 1 is 1.27 bits per heavy atom. The number of hydrogen-bond acceptors (Lipinski definition) is 6. The molecule has 0 radical (unpaired) electrons. The van der Waals surface area contributed by atoms with Crippen LogP contribution in [0, 0.1) is 0 Å². The molecule has 0 saturated heterocycles. The Morgan fingerprint density at radius 3 is 3.00 bits per heavy atom. The molecule has 5 nitrogen and oxygen atoms in total. The second-order valence-corrected chi connectivity index (χ2v) is 3.86. The van der Waals surface area contributed by atoms with Crippen molar-refractivity contribution < 1.29 is 4.52 Å². The molecule has 0 saturated carbocycles. The lowest BCUT2D eigenvalue weighted by molar-refractivity contribution is 0.439. The summed E-state index contributed by atoms with van der Waals surface area (Å²) in [5, 5.41) is 7.82. The average molecular weight is 218 g/mol. The molecular weight excluding hydrogens is 212 g/mol. The third-order valence-corrected chi connectivity index (χ3v) is 2.78. The van der Waals surface area contributed by atoms with Crippen LogP contribution < -0.4 is 5.73 Å². The highest BCUT2D eigenvalue weighted by Crippen LogP contribution is 2.24. The molecule has 0 aliphatic heterocycles. The standard InChI is InChI=1S/C9H6N4OS/c10-9-4-6(12-14-9)5-1-2-8-7(3-5)11-13-15-8/h1-4H,10H2. The van der Waals surface area contributed by atoms with E-state index in [0.717, 1.165) is 15.8 Å². The summed E-state index contributed by atoms with van der Waals surface area (Å²) in [5.41, 5.74) is 7.95. The number of nitrogens with two attached hydrogens (primary N) is 1. The summed E-state index contributed by atoms with van der Waals surface area (Å²) in [4.78, 5) is 0. The van der Waals surface area contributed by atoms with E-state index in [1.54, 1.807) is 6.07 Å². The quantitative estimate of drug-likeness (QED) is 0.675. The lowest BCUT2D eigenvalue weighted by atomic mass is 10.1. The highest BCUT2D eigenvalue weighted by molar-refractivity contribution is 7.12. The van der Waals surface area contributed by atoms with Crippen molar-refractivity contribution in [1.82, 2.24) is 14.7 Å². The number of benzene rings is 1. The molecule has 74 valence electrons. The predicted octanol–water partition coefficient (Wildman–Crippen LogP) is 1.93. The number of nitrogen functional groups attached to an aromatic ring is 1. The lowest BCUT2D eigenvalue weighted by Crippen LogP contribution is -1.78. The van der Waals surface area contributed by atoms with Crippen molar-refractivity contribution in [2.75, 3.05) is 5.73 Å². The van der Waals surface area contributed by atoms with Crippen LogP contribution in [-0.2, 0) is 0 Å². The van der Waals surface area contributed by atoms with E-state index < -0.39 is 0 Å². The van der Waals surface area contributed by atoms with Crippen molar-refractivity contribution >= 4 is 27.6 Å². The van der Waals surface area contributed by atoms with Crippen molar-refractivity contribution in [3.8, 4) is 11.3 Å². The molecule has 2 N–H and O–H groups in total. The molecule has 0 spiro atoms. The van der Waals surface area contributed by atoms with Crippen molar-refractivity contribution in [3.63, 3.8) is 0 Å². The first-order valence-electron chi connectivity index (χ1n) is 4.27. The molecule has 0 bridgehead atoms. The van der Waals surface area contributed by atoms with Gasteiger partial charge in [0, 0.05) is 11.6 Å². The van der Waals surface area contributed by atoms with Gasteiger partial charge in [0.1, 0.15) is 11.2 Å². The van der Waals surface area contributed by atoms with E-state index in [1.807, 2.05) is 18.2 Å². The first-order valence-corrected chi connectivity index (χ1v) is 5.05. The van der Waals surface area contributed by atoms with Crippen LogP contribution in [0.1, 0.15) is 0 Å². The minimum atomic E-state index is 0.307. The fourth-order valence-corrected chi connectivity index (χ4v) is 1.90. The van der Waals surface area contributed by atoms with Gasteiger partial charge in [-0.3, -0.25) is 0 Å². The highest BCUT2D eigenvalue weighted by Gasteiger charge is 2.06. The molecule has 0 amide bonds. The maximum Gasteiger partial charge on any atom is 0.222 e. The maximum absolute atomic E-state index is 5.45. The van der Waals surface area contributed by atoms with Gasteiger partial charge in [0.2, 0.25) is 5.88 Å². The zero-order valence-corrected chi connectivity index (χ0v) is 8.36. The van der Waals surface area contributed by atoms with Crippen LogP contribution >= 0.6 is 11.5 Å². The van der Waals surface area contributed by atoms with Crippen LogP contribution in [0.3, 0.4) is 0 Å². The summed E-state index contributed by atoms with van der Waals surface area (Å²) in [7, 11) is 0. The van der Waals surface area contributed by atoms with Crippen LogP contribution in [0.25, 0.3) is 21.5 Å². The average Bonchev–Trinajstić information content (AvgIpc) is 2.84. The fraction of sp³-hybridized carbons (Fsp3) is 0. The smallest absolute Gasteiger partial charge is 0.222 e. The Labute approximate surface area is 88.7 Å². The molecule has 0 fully saturated rings. The fourth-order valence-electron chi connectivity index (χ4n) is 1.37. The van der Waals surface area contributed by atoms with Gasteiger partial charge in [0.05, 0.1) is 4.70 Å². The van der Waals surface area contributed by atoms with Crippen LogP contribution in [0.15, 0.2) is 28.8 Å². The van der Waals surface area contributed by atoms with E-state index in [2.05, 4.69) is 14.7 Å². The summed E-state index contributed by atoms with van der Waals surface area (Å²) >= 11 is 1.37. The second kappa shape index (κ2) is 3.03. The van der Waals surface area contributed by atoms with Gasteiger partial charge in [-0.1, -0.05) is 15.7 Å². The van der Waals surface area contributed by atoms with Gasteiger partial charge in [0.25, 0.3) is 0 Å². The highest BCUT2D eigenvalue weighted by atomic mass is 32.1. The number of nitrogens with zero attached hydrogens (tertiary/aromatic N) is 3. The van der Waals surface area contributed by atoms with Crippen molar-refractivity contribution in [2.24, 2.45) is 0 Å². The molecule has 2 aromatic heterocycles. The number of rotatable bonds is 1. The van der Waals surface area contributed by atoms with Gasteiger partial charge in [-0.25, -0.2) is 0 Å². The Hall–Kier alpha value is -1.95. The van der Waals surface area contributed by atoms with Gasteiger partial charge < -0.3 is 10.3 Å². The monoisotopic (exact) mass is 218 g/mol. The van der Waals surface area contributed by atoms with Crippen molar-refractivity contribution in [1.29, 1.82) is 0 Å². The molecule has 6 heteroatoms. The van der Waals surface area contributed by atoms with E-state index in [1.165, 1.54) is 11.5 Å². The van der Waals surface area contributed by atoms with Crippen LogP contribution in [-0.4, -0.2) is 14.7 Å². The Balaban J connectivity index is 2.18. The van der Waals surface area contributed by atoms with Gasteiger partial charge in [0.15, 0.2) is 0 Å². The normalized spacial score (nSPS) is 10.9. The van der Waals surface area contributed by atoms with Crippen LogP contribution in [0.5, 0.6) is 0 Å². The van der Waals surface area contributed by atoms with E-state index in [-0.39, 0.29) is 0 Å². The third kappa shape index (κ3) is 1.35. The molecule has 1 aromatic carbocycles. The molecular formula is C9H6N4OS. The SMILES string of the molecule is Nc1cc(-c2ccc3snnc3c2)no1. The maximum atomic E-state index is 5.45. The molecule has 3 aromatic rings. The van der Waals surface area contributed by atoms with Crippen molar-refractivity contribution in [3.05, 3.63) is 24.3 Å². The molecule has 2 heterocycles. The second-order valence-electron chi connectivity index (χ2n) is 3.07. The van der Waals surface area contributed by atoms with Crippen LogP contribution in [0.2, 0.25) is 0 Å². The van der Waals surface area contributed by atoms with Gasteiger partial charge >= 0.3 is 0 Å². The summed E-state index contributed by atoms with van der Waals surface area (Å²) in [6.45, 7) is 0. The van der Waals surface area contributed by atoms with E-state index in [0.29, 0.717) is 11.6 Å². The van der Waals surface area contributed by atoms with E-state index >= 15 is 0 Å². The lowest BCUT2D eigenvalue weighted by Gasteiger charge is -1.93. The summed E-state index contributed by atoms with van der Waals surface area (Å²) in [6, 6.07) is 7.50. The number of fused-ring (bicyclic) bond motifs is 1. The summed E-state index contributed by atoms with van der Waals surface area (Å²) in [6.07, 6.45) is 0. The zero-order valence-electron chi connectivity index (χ0n) is 7.54. The van der Waals surface area contributed by atoms with Crippen LogP contribution in [0.4, 0.5) is 5.88 Å². The van der Waals surface area contributed by atoms with Gasteiger partial charge in [-0.05, 0) is 23.7 Å². The minimum absolute atomic E-state index is 0.307. The number of anilines is 1. The minimum Gasteiger partial charge on any atom is -0.368 e. The van der Waals surface area contributed by atoms with E-state index in [4.69, 9.17) is 10.3 Å². The first kappa shape index (κ1) is 8.37. The Bertz CT molecular complexity index is 615. The third-order valence-electron chi connectivity index (χ3n) is 2.07. The number of aromatic nitrogens is 3. The summed E-state index contributed by atoms with van der Waals surface area (Å²) in [5.74, 6) is 0.307. The number of hydrogen-bond donors (Lipinski definition) is 1. The molecule has 0 aliphatic carbocycles. The Morgan fingerprint density at radius 2 is 2.20 bits per heavy atom. The van der Waals surface area contributed by atoms with Gasteiger partial charge in [-0.2, -0.15) is 0 Å². The van der Waals surface area contributed by atoms with E-state index in [9.17, 15) is 0 Å². The molecule has 0 unspecified atom stereocenters. The van der Waals surface area contributed by atoms with Gasteiger partial charge in [-0.15, -0.1) is 5.10 Å². The first-order chi connectivity index (χ1) is 7.33. The molecule has 3 rings (SSSR count). The predicted molar refractivity (Wildman–Crippen MR) is 57.3 cm³/mol. The van der Waals surface area contributed by atoms with Crippen molar-refractivity contribution in [2.45, 2.75) is 0 Å².